The summed E-state index contributed by atoms with van der Waals surface area (Å²) in [5.41, 5.74) is 4.28. The molecule has 0 amide bonds. The van der Waals surface area contributed by atoms with Crippen molar-refractivity contribution in [1.82, 2.24) is 15.0 Å². The highest BCUT2D eigenvalue weighted by molar-refractivity contribution is 5.94. The molecule has 0 aliphatic carbocycles. The summed E-state index contributed by atoms with van der Waals surface area (Å²) in [7, 11) is 0. The van der Waals surface area contributed by atoms with Crippen LogP contribution in [0.15, 0.2) is 48.7 Å². The number of nitrogens with zero attached hydrogens (tertiary/aromatic N) is 3. The van der Waals surface area contributed by atoms with Gasteiger partial charge >= 0.3 is 5.97 Å². The first kappa shape index (κ1) is 17.6. The summed E-state index contributed by atoms with van der Waals surface area (Å²) in [5.74, 6) is -0.220. The van der Waals surface area contributed by atoms with Crippen LogP contribution in [0.5, 0.6) is 0 Å². The highest BCUT2D eigenvalue weighted by Crippen LogP contribution is 2.33. The number of carboxylic acid groups (broad SMARTS) is 1. The third-order valence-electron chi connectivity index (χ3n) is 5.36. The van der Waals surface area contributed by atoms with Gasteiger partial charge < -0.3 is 19.7 Å². The van der Waals surface area contributed by atoms with Crippen LogP contribution in [-0.2, 0) is 4.74 Å². The van der Waals surface area contributed by atoms with Crippen LogP contribution in [0, 0.1) is 0 Å². The van der Waals surface area contributed by atoms with Crippen molar-refractivity contribution in [2.45, 2.75) is 13.0 Å². The maximum Gasteiger partial charge on any atom is 0.335 e. The Kier molecular flexibility index (Phi) is 4.17. The quantitative estimate of drug-likeness (QED) is 0.556. The van der Waals surface area contributed by atoms with E-state index >= 15 is 0 Å². The van der Waals surface area contributed by atoms with E-state index in [4.69, 9.17) is 14.7 Å². The summed E-state index contributed by atoms with van der Waals surface area (Å²) in [5, 5.41) is 10.4. The number of aromatic amines is 1. The van der Waals surface area contributed by atoms with Crippen molar-refractivity contribution < 1.29 is 14.6 Å². The van der Waals surface area contributed by atoms with Gasteiger partial charge in [0.05, 0.1) is 35.9 Å². The van der Waals surface area contributed by atoms with Crippen molar-refractivity contribution in [2.75, 3.05) is 24.7 Å². The third-order valence-corrected chi connectivity index (χ3v) is 5.36. The molecule has 5 rings (SSSR count). The van der Waals surface area contributed by atoms with Crippen molar-refractivity contribution in [3.05, 3.63) is 54.2 Å². The van der Waals surface area contributed by atoms with Gasteiger partial charge in [0.15, 0.2) is 5.82 Å². The normalized spacial score (nSPS) is 17.1. The Morgan fingerprint density at radius 2 is 2.07 bits per heavy atom. The molecule has 1 fully saturated rings. The van der Waals surface area contributed by atoms with E-state index < -0.39 is 5.97 Å². The van der Waals surface area contributed by atoms with Gasteiger partial charge in [-0.25, -0.2) is 14.8 Å². The first-order valence-electron chi connectivity index (χ1n) is 9.57. The van der Waals surface area contributed by atoms with E-state index in [-0.39, 0.29) is 11.6 Å². The minimum absolute atomic E-state index is 0.146. The molecule has 146 valence electrons. The van der Waals surface area contributed by atoms with Gasteiger partial charge in [-0.1, -0.05) is 6.07 Å². The van der Waals surface area contributed by atoms with Crippen molar-refractivity contribution in [3.63, 3.8) is 0 Å². The highest BCUT2D eigenvalue weighted by Gasteiger charge is 2.25. The number of carbonyl (C=O) groups is 1. The molecule has 0 bridgehead atoms. The van der Waals surface area contributed by atoms with E-state index in [0.717, 1.165) is 28.0 Å². The predicted molar refractivity (Wildman–Crippen MR) is 111 cm³/mol. The van der Waals surface area contributed by atoms with Crippen LogP contribution in [0.4, 0.5) is 5.82 Å². The first-order valence-corrected chi connectivity index (χ1v) is 9.57. The Labute approximate surface area is 167 Å². The van der Waals surface area contributed by atoms with Crippen LogP contribution in [0.25, 0.3) is 33.2 Å². The van der Waals surface area contributed by atoms with Gasteiger partial charge in [0, 0.05) is 29.2 Å². The molecule has 1 saturated heterocycles. The molecule has 7 heteroatoms. The molecule has 0 spiro atoms. The van der Waals surface area contributed by atoms with Crippen molar-refractivity contribution in [1.29, 1.82) is 0 Å². The fraction of sp³-hybridized carbons (Fsp3) is 0.227. The van der Waals surface area contributed by atoms with E-state index in [0.29, 0.717) is 30.8 Å². The number of aromatic nitrogens is 3. The third kappa shape index (κ3) is 3.09. The topological polar surface area (TPSA) is 91.3 Å². The zero-order valence-corrected chi connectivity index (χ0v) is 15.9. The van der Waals surface area contributed by atoms with Gasteiger partial charge in [0.1, 0.15) is 5.69 Å². The summed E-state index contributed by atoms with van der Waals surface area (Å²) in [6.07, 6.45) is 1.92. The second-order valence-corrected chi connectivity index (χ2v) is 7.30. The number of anilines is 1. The number of rotatable bonds is 3. The van der Waals surface area contributed by atoms with Crippen LogP contribution in [0.1, 0.15) is 17.3 Å². The van der Waals surface area contributed by atoms with Gasteiger partial charge in [-0.15, -0.1) is 0 Å². The van der Waals surface area contributed by atoms with Crippen LogP contribution in [-0.4, -0.2) is 51.8 Å². The molecule has 0 unspecified atom stereocenters. The van der Waals surface area contributed by atoms with Gasteiger partial charge in [-0.3, -0.25) is 0 Å². The lowest BCUT2D eigenvalue weighted by Gasteiger charge is -2.35. The monoisotopic (exact) mass is 388 g/mol. The van der Waals surface area contributed by atoms with Crippen LogP contribution < -0.4 is 4.90 Å². The number of ether oxygens (including phenoxy) is 1. The van der Waals surface area contributed by atoms with Crippen molar-refractivity contribution >= 4 is 33.7 Å². The Morgan fingerprint density at radius 3 is 2.90 bits per heavy atom. The van der Waals surface area contributed by atoms with Gasteiger partial charge in [-0.05, 0) is 43.3 Å². The minimum atomic E-state index is -0.975. The smallest absolute Gasteiger partial charge is 0.335 e. The van der Waals surface area contributed by atoms with Gasteiger partial charge in [-0.2, -0.15) is 0 Å². The molecule has 1 aliphatic heterocycles. The molecule has 0 saturated carbocycles. The largest absolute Gasteiger partial charge is 0.478 e. The molecular weight excluding hydrogens is 368 g/mol. The van der Waals surface area contributed by atoms with E-state index in [1.165, 1.54) is 0 Å². The molecule has 3 heterocycles. The molecule has 7 nitrogen and oxygen atoms in total. The Bertz CT molecular complexity index is 1230. The van der Waals surface area contributed by atoms with Crippen molar-refractivity contribution in [3.8, 4) is 11.3 Å². The van der Waals surface area contributed by atoms with Crippen LogP contribution in [0.2, 0.25) is 0 Å². The van der Waals surface area contributed by atoms with Gasteiger partial charge in [0.2, 0.25) is 0 Å². The number of aromatic carboxylic acids is 1. The Balaban J connectivity index is 1.74. The maximum absolute atomic E-state index is 11.4. The van der Waals surface area contributed by atoms with Crippen LogP contribution >= 0.6 is 0 Å². The van der Waals surface area contributed by atoms with E-state index in [1.807, 2.05) is 24.4 Å². The Hall–Kier alpha value is -3.45. The Morgan fingerprint density at radius 1 is 1.17 bits per heavy atom. The second kappa shape index (κ2) is 6.86. The lowest BCUT2D eigenvalue weighted by molar-refractivity contribution is 0.0697. The second-order valence-electron chi connectivity index (χ2n) is 7.30. The summed E-state index contributed by atoms with van der Waals surface area (Å²) in [6.45, 7) is 4.04. The first-order chi connectivity index (χ1) is 14.1. The maximum atomic E-state index is 11.4. The highest BCUT2D eigenvalue weighted by atomic mass is 16.5. The molecule has 29 heavy (non-hydrogen) atoms. The fourth-order valence-electron chi connectivity index (χ4n) is 3.81. The molecule has 0 radical (unpaired) electrons. The summed E-state index contributed by atoms with van der Waals surface area (Å²) in [4.78, 5) is 26.6. The zero-order valence-electron chi connectivity index (χ0n) is 15.9. The van der Waals surface area contributed by atoms with Crippen LogP contribution in [0.3, 0.4) is 0 Å². The van der Waals surface area contributed by atoms with E-state index in [1.54, 1.807) is 18.2 Å². The molecule has 2 aromatic heterocycles. The number of nitrogens with one attached hydrogen (secondary N) is 1. The molecule has 1 aliphatic rings. The predicted octanol–water partition coefficient (Wildman–Crippen LogP) is 3.70. The standard InChI is InChI=1S/C22H20N4O3/c1-13-12-29-9-8-26(13)21-20(15-2-4-17-14(10-15)6-7-23-17)24-18-5-3-16(22(27)28)11-19(18)25-21/h2-7,10-11,13,23H,8-9,12H2,1H3,(H,27,28)/t13-/m0/s1. The number of morpholine rings is 1. The van der Waals surface area contributed by atoms with Crippen molar-refractivity contribution in [2.24, 2.45) is 0 Å². The molecule has 2 N–H and O–H groups in total. The average molecular weight is 388 g/mol. The lowest BCUT2D eigenvalue weighted by Crippen LogP contribution is -2.44. The molecule has 4 aromatic rings. The lowest BCUT2D eigenvalue weighted by atomic mass is 10.1. The summed E-state index contributed by atoms with van der Waals surface area (Å²) in [6, 6.07) is 13.2. The number of fused-ring (bicyclic) bond motifs is 2. The number of benzene rings is 2. The number of carboxylic acids is 1. The molecular formula is C22H20N4O3. The summed E-state index contributed by atoms with van der Waals surface area (Å²) < 4.78 is 5.59. The molecule has 2 aromatic carbocycles. The molecule has 1 atom stereocenters. The van der Waals surface area contributed by atoms with Gasteiger partial charge in [0.25, 0.3) is 0 Å². The SMILES string of the molecule is C[C@H]1COCCN1c1nc2cc(C(=O)O)ccc2nc1-c1ccc2[nH]ccc2c1. The average Bonchev–Trinajstić information content (AvgIpc) is 3.20. The summed E-state index contributed by atoms with van der Waals surface area (Å²) >= 11 is 0. The van der Waals surface area contributed by atoms with E-state index in [9.17, 15) is 9.90 Å². The van der Waals surface area contributed by atoms with E-state index in [2.05, 4.69) is 22.9 Å². The number of hydrogen-bond acceptors (Lipinski definition) is 5. The fourth-order valence-corrected chi connectivity index (χ4v) is 3.81. The number of H-pyrrole nitrogens is 1. The zero-order chi connectivity index (χ0) is 20.0. The number of hydrogen-bond donors (Lipinski definition) is 2. The minimum Gasteiger partial charge on any atom is -0.478 e.